The number of nitrogens with zero attached hydrogens (tertiary/aromatic N) is 1. The summed E-state index contributed by atoms with van der Waals surface area (Å²) in [6.07, 6.45) is 2.30. The SMILES string of the molecule is CCc1nc(NC(=O)[C@@H](N)CCc2ccccc2)sc1C. The third-order valence-electron chi connectivity index (χ3n) is 3.38. The van der Waals surface area contributed by atoms with Crippen molar-refractivity contribution in [3.63, 3.8) is 0 Å². The molecule has 1 heterocycles. The van der Waals surface area contributed by atoms with E-state index < -0.39 is 6.04 Å². The Morgan fingerprint density at radius 3 is 2.71 bits per heavy atom. The zero-order valence-electron chi connectivity index (χ0n) is 12.4. The highest BCUT2D eigenvalue weighted by atomic mass is 32.1. The number of amides is 1. The van der Waals surface area contributed by atoms with Gasteiger partial charge in [0.1, 0.15) is 0 Å². The molecule has 1 aromatic heterocycles. The normalized spacial score (nSPS) is 12.1. The molecule has 4 nitrogen and oxygen atoms in total. The van der Waals surface area contributed by atoms with Crippen LogP contribution in [0.15, 0.2) is 30.3 Å². The Morgan fingerprint density at radius 2 is 2.10 bits per heavy atom. The van der Waals surface area contributed by atoms with Crippen LogP contribution in [0.1, 0.15) is 29.5 Å². The van der Waals surface area contributed by atoms with Gasteiger partial charge in [0, 0.05) is 4.88 Å². The fourth-order valence-corrected chi connectivity index (χ4v) is 3.01. The van der Waals surface area contributed by atoms with Gasteiger partial charge in [0.2, 0.25) is 5.91 Å². The second kappa shape index (κ2) is 7.33. The minimum Gasteiger partial charge on any atom is -0.320 e. The van der Waals surface area contributed by atoms with Gasteiger partial charge < -0.3 is 11.1 Å². The fraction of sp³-hybridized carbons (Fsp3) is 0.375. The molecule has 112 valence electrons. The van der Waals surface area contributed by atoms with E-state index in [2.05, 4.69) is 17.2 Å². The van der Waals surface area contributed by atoms with E-state index in [0.29, 0.717) is 11.6 Å². The number of aromatic nitrogens is 1. The first-order chi connectivity index (χ1) is 10.1. The van der Waals surface area contributed by atoms with E-state index in [9.17, 15) is 4.79 Å². The Bertz CT molecular complexity index is 595. The second-order valence-electron chi connectivity index (χ2n) is 5.00. The van der Waals surface area contributed by atoms with Crippen molar-refractivity contribution < 1.29 is 4.79 Å². The highest BCUT2D eigenvalue weighted by molar-refractivity contribution is 7.15. The van der Waals surface area contributed by atoms with Crippen LogP contribution in [-0.2, 0) is 17.6 Å². The van der Waals surface area contributed by atoms with E-state index in [4.69, 9.17) is 5.73 Å². The van der Waals surface area contributed by atoms with E-state index in [1.54, 1.807) is 0 Å². The summed E-state index contributed by atoms with van der Waals surface area (Å²) in [5, 5.41) is 3.46. The Labute approximate surface area is 129 Å². The summed E-state index contributed by atoms with van der Waals surface area (Å²) < 4.78 is 0. The number of anilines is 1. The van der Waals surface area contributed by atoms with Gasteiger partial charge in [-0.25, -0.2) is 4.98 Å². The van der Waals surface area contributed by atoms with Gasteiger partial charge in [-0.15, -0.1) is 11.3 Å². The van der Waals surface area contributed by atoms with Crippen molar-refractivity contribution in [1.82, 2.24) is 4.98 Å². The van der Waals surface area contributed by atoms with E-state index >= 15 is 0 Å². The minimum atomic E-state index is -0.514. The standard InChI is InChI=1S/C16H21N3OS/c1-3-14-11(2)21-16(18-14)19-15(20)13(17)10-9-12-7-5-4-6-8-12/h4-8,13H,3,9-10,17H2,1-2H3,(H,18,19,20)/t13-/m0/s1. The number of hydrogen-bond donors (Lipinski definition) is 2. The summed E-state index contributed by atoms with van der Waals surface area (Å²) in [4.78, 5) is 17.6. The molecule has 0 aliphatic carbocycles. The largest absolute Gasteiger partial charge is 0.320 e. The lowest BCUT2D eigenvalue weighted by molar-refractivity contribution is -0.117. The highest BCUT2D eigenvalue weighted by Crippen LogP contribution is 2.22. The van der Waals surface area contributed by atoms with Gasteiger partial charge in [-0.1, -0.05) is 37.3 Å². The molecule has 0 aliphatic heterocycles. The molecule has 21 heavy (non-hydrogen) atoms. The molecule has 1 atom stereocenters. The van der Waals surface area contributed by atoms with Crippen LogP contribution in [0.5, 0.6) is 0 Å². The summed E-state index contributed by atoms with van der Waals surface area (Å²) in [6.45, 7) is 4.07. The number of carbonyl (C=O) groups excluding carboxylic acids is 1. The first-order valence-corrected chi connectivity index (χ1v) is 7.98. The molecule has 0 radical (unpaired) electrons. The Morgan fingerprint density at radius 1 is 1.38 bits per heavy atom. The Hall–Kier alpha value is -1.72. The number of benzene rings is 1. The van der Waals surface area contributed by atoms with Gasteiger partial charge in [0.05, 0.1) is 11.7 Å². The number of nitrogens with one attached hydrogen (secondary N) is 1. The molecule has 0 spiro atoms. The summed E-state index contributed by atoms with van der Waals surface area (Å²) in [6, 6.07) is 9.54. The van der Waals surface area contributed by atoms with E-state index in [1.165, 1.54) is 16.9 Å². The third-order valence-corrected chi connectivity index (χ3v) is 4.31. The van der Waals surface area contributed by atoms with Crippen LogP contribution in [0, 0.1) is 6.92 Å². The van der Waals surface area contributed by atoms with Crippen molar-refractivity contribution in [2.24, 2.45) is 5.73 Å². The van der Waals surface area contributed by atoms with Gasteiger partial charge >= 0.3 is 0 Å². The molecule has 3 N–H and O–H groups in total. The predicted molar refractivity (Wildman–Crippen MR) is 87.6 cm³/mol. The topological polar surface area (TPSA) is 68.0 Å². The number of rotatable bonds is 6. The maximum absolute atomic E-state index is 12.1. The lowest BCUT2D eigenvalue weighted by Crippen LogP contribution is -2.36. The van der Waals surface area contributed by atoms with Gasteiger partial charge in [-0.2, -0.15) is 0 Å². The summed E-state index contributed by atoms with van der Waals surface area (Å²) in [5.41, 5.74) is 8.18. The quantitative estimate of drug-likeness (QED) is 0.862. The van der Waals surface area contributed by atoms with Crippen molar-refractivity contribution in [2.45, 2.75) is 39.2 Å². The van der Waals surface area contributed by atoms with Crippen molar-refractivity contribution >= 4 is 22.4 Å². The lowest BCUT2D eigenvalue weighted by Gasteiger charge is -2.10. The molecule has 2 rings (SSSR count). The van der Waals surface area contributed by atoms with Crippen LogP contribution in [0.2, 0.25) is 0 Å². The molecule has 0 saturated carbocycles. The lowest BCUT2D eigenvalue weighted by atomic mass is 10.1. The molecule has 0 unspecified atom stereocenters. The summed E-state index contributed by atoms with van der Waals surface area (Å²) >= 11 is 1.50. The van der Waals surface area contributed by atoms with Crippen LogP contribution in [0.3, 0.4) is 0 Å². The highest BCUT2D eigenvalue weighted by Gasteiger charge is 2.16. The number of nitrogens with two attached hydrogens (primary N) is 1. The zero-order chi connectivity index (χ0) is 15.2. The molecule has 0 bridgehead atoms. The monoisotopic (exact) mass is 303 g/mol. The average Bonchev–Trinajstić information content (AvgIpc) is 2.85. The smallest absolute Gasteiger partial charge is 0.243 e. The first-order valence-electron chi connectivity index (χ1n) is 7.16. The average molecular weight is 303 g/mol. The summed E-state index contributed by atoms with van der Waals surface area (Å²) in [7, 11) is 0. The Balaban J connectivity index is 1.87. The van der Waals surface area contributed by atoms with Crippen LogP contribution in [0.4, 0.5) is 5.13 Å². The number of thiazole rings is 1. The molecule has 0 fully saturated rings. The van der Waals surface area contributed by atoms with Gasteiger partial charge in [0.25, 0.3) is 0 Å². The van der Waals surface area contributed by atoms with Crippen LogP contribution < -0.4 is 11.1 Å². The van der Waals surface area contributed by atoms with Crippen molar-refractivity contribution in [3.05, 3.63) is 46.5 Å². The molecule has 0 saturated heterocycles. The van der Waals surface area contributed by atoms with Crippen LogP contribution in [-0.4, -0.2) is 16.9 Å². The molecule has 0 aliphatic rings. The second-order valence-corrected chi connectivity index (χ2v) is 6.20. The molecule has 1 aromatic carbocycles. The molecule has 5 heteroatoms. The molecule has 2 aromatic rings. The van der Waals surface area contributed by atoms with E-state index in [0.717, 1.165) is 23.4 Å². The van der Waals surface area contributed by atoms with Gasteiger partial charge in [-0.05, 0) is 31.7 Å². The van der Waals surface area contributed by atoms with Crippen LogP contribution >= 0.6 is 11.3 Å². The molecular weight excluding hydrogens is 282 g/mol. The number of carbonyl (C=O) groups is 1. The first kappa shape index (κ1) is 15.7. The van der Waals surface area contributed by atoms with E-state index in [-0.39, 0.29) is 5.91 Å². The summed E-state index contributed by atoms with van der Waals surface area (Å²) in [5.74, 6) is -0.165. The van der Waals surface area contributed by atoms with Crippen molar-refractivity contribution in [2.75, 3.05) is 5.32 Å². The fourth-order valence-electron chi connectivity index (χ4n) is 2.11. The minimum absolute atomic E-state index is 0.165. The maximum Gasteiger partial charge on any atom is 0.243 e. The third kappa shape index (κ3) is 4.37. The zero-order valence-corrected chi connectivity index (χ0v) is 13.2. The molecule has 1 amide bonds. The van der Waals surface area contributed by atoms with Gasteiger partial charge in [0.15, 0.2) is 5.13 Å². The molecular formula is C16H21N3OS. The van der Waals surface area contributed by atoms with Gasteiger partial charge in [-0.3, -0.25) is 4.79 Å². The Kier molecular flexibility index (Phi) is 5.47. The van der Waals surface area contributed by atoms with Crippen molar-refractivity contribution in [1.29, 1.82) is 0 Å². The van der Waals surface area contributed by atoms with Crippen LogP contribution in [0.25, 0.3) is 0 Å². The maximum atomic E-state index is 12.1. The van der Waals surface area contributed by atoms with Crippen molar-refractivity contribution in [3.8, 4) is 0 Å². The number of aryl methyl sites for hydroxylation is 3. The number of hydrogen-bond acceptors (Lipinski definition) is 4. The predicted octanol–water partition coefficient (Wildman–Crippen LogP) is 2.91. The van der Waals surface area contributed by atoms with E-state index in [1.807, 2.05) is 37.3 Å².